The van der Waals surface area contributed by atoms with Crippen molar-refractivity contribution in [2.45, 2.75) is 13.1 Å². The van der Waals surface area contributed by atoms with Crippen molar-refractivity contribution in [3.63, 3.8) is 0 Å². The first-order valence-electron chi connectivity index (χ1n) is 8.45. The van der Waals surface area contributed by atoms with Crippen LogP contribution >= 0.6 is 0 Å². The van der Waals surface area contributed by atoms with Gasteiger partial charge in [-0.1, -0.05) is 30.3 Å². The molecule has 0 radical (unpaired) electrons. The second-order valence-electron chi connectivity index (χ2n) is 5.98. The van der Waals surface area contributed by atoms with Crippen molar-refractivity contribution in [2.75, 3.05) is 44.3 Å². The van der Waals surface area contributed by atoms with Gasteiger partial charge in [0.15, 0.2) is 0 Å². The van der Waals surface area contributed by atoms with Crippen LogP contribution in [0, 0.1) is 0 Å². The van der Waals surface area contributed by atoms with Gasteiger partial charge in [0.1, 0.15) is 0 Å². The molecule has 2 heterocycles. The zero-order valence-corrected chi connectivity index (χ0v) is 14.0. The third kappa shape index (κ3) is 4.74. The lowest BCUT2D eigenvalue weighted by atomic mass is 10.2. The predicted molar refractivity (Wildman–Crippen MR) is 94.7 cm³/mol. The molecule has 1 aromatic carbocycles. The summed E-state index contributed by atoms with van der Waals surface area (Å²) in [5.74, 6) is 0.787. The molecular formula is C18H25N5O. The van der Waals surface area contributed by atoms with Crippen molar-refractivity contribution in [2.24, 2.45) is 5.73 Å². The molecule has 1 saturated heterocycles. The van der Waals surface area contributed by atoms with E-state index in [4.69, 9.17) is 10.5 Å². The molecule has 0 spiro atoms. The van der Waals surface area contributed by atoms with Crippen LogP contribution in [0.1, 0.15) is 11.1 Å². The minimum Gasteiger partial charge on any atom is -0.378 e. The zero-order chi connectivity index (χ0) is 16.6. The van der Waals surface area contributed by atoms with E-state index in [-0.39, 0.29) is 0 Å². The molecule has 3 rings (SSSR count). The molecule has 1 aliphatic rings. The van der Waals surface area contributed by atoms with E-state index in [2.05, 4.69) is 44.0 Å². The number of ether oxygens (including phenoxy) is 1. The van der Waals surface area contributed by atoms with Gasteiger partial charge in [-0.15, -0.1) is 0 Å². The van der Waals surface area contributed by atoms with Gasteiger partial charge < -0.3 is 15.4 Å². The molecule has 0 saturated carbocycles. The van der Waals surface area contributed by atoms with Gasteiger partial charge in [0.05, 0.1) is 13.2 Å². The quantitative estimate of drug-likeness (QED) is 0.826. The Kier molecular flexibility index (Phi) is 6.12. The molecule has 128 valence electrons. The molecule has 6 nitrogen and oxygen atoms in total. The molecular weight excluding hydrogens is 302 g/mol. The third-order valence-electron chi connectivity index (χ3n) is 4.09. The number of anilines is 1. The highest BCUT2D eigenvalue weighted by Gasteiger charge is 2.14. The van der Waals surface area contributed by atoms with Gasteiger partial charge in [0.2, 0.25) is 5.95 Å². The van der Waals surface area contributed by atoms with Gasteiger partial charge in [-0.05, 0) is 5.56 Å². The normalized spacial score (nSPS) is 15.0. The fourth-order valence-electron chi connectivity index (χ4n) is 2.85. The lowest BCUT2D eigenvalue weighted by Gasteiger charge is -2.27. The summed E-state index contributed by atoms with van der Waals surface area (Å²) in [6.45, 7) is 6.36. The van der Waals surface area contributed by atoms with Crippen LogP contribution in [0.4, 0.5) is 5.95 Å². The molecule has 6 heteroatoms. The smallest absolute Gasteiger partial charge is 0.225 e. The summed E-state index contributed by atoms with van der Waals surface area (Å²) in [5.41, 5.74) is 8.16. The molecule has 24 heavy (non-hydrogen) atoms. The minimum atomic E-state index is 0.638. The average Bonchev–Trinajstić information content (AvgIpc) is 2.64. The Labute approximate surface area is 143 Å². The highest BCUT2D eigenvalue weighted by atomic mass is 16.5. The van der Waals surface area contributed by atoms with Gasteiger partial charge in [-0.25, -0.2) is 9.97 Å². The standard InChI is InChI=1S/C18H25N5O/c19-6-7-22(14-16-4-2-1-3-5-16)15-17-12-20-18(21-13-17)23-8-10-24-11-9-23/h1-5,12-13H,6-11,14-15,19H2. The molecule has 1 fully saturated rings. The van der Waals surface area contributed by atoms with E-state index in [1.807, 2.05) is 18.5 Å². The summed E-state index contributed by atoms with van der Waals surface area (Å²) in [6, 6.07) is 10.4. The van der Waals surface area contributed by atoms with Crippen LogP contribution in [-0.4, -0.2) is 54.3 Å². The van der Waals surface area contributed by atoms with E-state index in [1.165, 1.54) is 5.56 Å². The minimum absolute atomic E-state index is 0.638. The SMILES string of the molecule is NCCN(Cc1ccccc1)Cc1cnc(N2CCOCC2)nc1. The van der Waals surface area contributed by atoms with Gasteiger partial charge in [0, 0.05) is 57.2 Å². The Morgan fingerprint density at radius 3 is 2.33 bits per heavy atom. The van der Waals surface area contributed by atoms with Gasteiger partial charge in [0.25, 0.3) is 0 Å². The van der Waals surface area contributed by atoms with Crippen molar-refractivity contribution >= 4 is 5.95 Å². The summed E-state index contributed by atoms with van der Waals surface area (Å²) in [7, 11) is 0. The number of morpholine rings is 1. The summed E-state index contributed by atoms with van der Waals surface area (Å²) < 4.78 is 5.37. The van der Waals surface area contributed by atoms with Crippen LogP contribution in [0.5, 0.6) is 0 Å². The highest BCUT2D eigenvalue weighted by Crippen LogP contribution is 2.12. The molecule has 0 unspecified atom stereocenters. The zero-order valence-electron chi connectivity index (χ0n) is 14.0. The topological polar surface area (TPSA) is 67.5 Å². The molecule has 2 N–H and O–H groups in total. The van der Waals surface area contributed by atoms with Gasteiger partial charge in [-0.3, -0.25) is 4.90 Å². The van der Waals surface area contributed by atoms with Crippen LogP contribution in [-0.2, 0) is 17.8 Å². The monoisotopic (exact) mass is 327 g/mol. The summed E-state index contributed by atoms with van der Waals surface area (Å²) >= 11 is 0. The third-order valence-corrected chi connectivity index (χ3v) is 4.09. The Bertz CT molecular complexity index is 599. The number of benzene rings is 1. The fraction of sp³-hybridized carbons (Fsp3) is 0.444. The maximum atomic E-state index is 5.77. The number of hydrogen-bond acceptors (Lipinski definition) is 6. The number of nitrogens with two attached hydrogens (primary N) is 1. The van der Waals surface area contributed by atoms with Crippen molar-refractivity contribution in [3.05, 3.63) is 53.9 Å². The number of hydrogen-bond donors (Lipinski definition) is 1. The molecule has 1 aliphatic heterocycles. The summed E-state index contributed by atoms with van der Waals surface area (Å²) in [4.78, 5) is 13.5. The predicted octanol–water partition coefficient (Wildman–Crippen LogP) is 1.27. The van der Waals surface area contributed by atoms with E-state index in [9.17, 15) is 0 Å². The van der Waals surface area contributed by atoms with Gasteiger partial charge >= 0.3 is 0 Å². The lowest BCUT2D eigenvalue weighted by Crippen LogP contribution is -2.37. The van der Waals surface area contributed by atoms with Crippen LogP contribution in [0.2, 0.25) is 0 Å². The maximum absolute atomic E-state index is 5.77. The van der Waals surface area contributed by atoms with Crippen molar-refractivity contribution < 1.29 is 4.74 Å². The Morgan fingerprint density at radius 1 is 1.00 bits per heavy atom. The number of rotatable bonds is 7. The largest absolute Gasteiger partial charge is 0.378 e. The van der Waals surface area contributed by atoms with Crippen LogP contribution in [0.25, 0.3) is 0 Å². The van der Waals surface area contributed by atoms with E-state index >= 15 is 0 Å². The van der Waals surface area contributed by atoms with Crippen LogP contribution < -0.4 is 10.6 Å². The highest BCUT2D eigenvalue weighted by molar-refractivity contribution is 5.30. The molecule has 2 aromatic rings. The Balaban J connectivity index is 1.61. The van der Waals surface area contributed by atoms with Crippen LogP contribution in [0.15, 0.2) is 42.7 Å². The number of aromatic nitrogens is 2. The Hall–Kier alpha value is -2.02. The average molecular weight is 327 g/mol. The second kappa shape index (κ2) is 8.73. The summed E-state index contributed by atoms with van der Waals surface area (Å²) in [6.07, 6.45) is 3.85. The van der Waals surface area contributed by atoms with E-state index in [0.29, 0.717) is 6.54 Å². The lowest BCUT2D eigenvalue weighted by molar-refractivity contribution is 0.122. The molecule has 0 bridgehead atoms. The fourth-order valence-corrected chi connectivity index (χ4v) is 2.85. The molecule has 0 amide bonds. The van der Waals surface area contributed by atoms with Gasteiger partial charge in [-0.2, -0.15) is 0 Å². The number of nitrogens with zero attached hydrogens (tertiary/aromatic N) is 4. The first-order valence-corrected chi connectivity index (χ1v) is 8.45. The second-order valence-corrected chi connectivity index (χ2v) is 5.98. The maximum Gasteiger partial charge on any atom is 0.225 e. The molecule has 0 atom stereocenters. The first kappa shape index (κ1) is 16.8. The first-order chi connectivity index (χ1) is 11.8. The molecule has 0 aliphatic carbocycles. The van der Waals surface area contributed by atoms with Crippen molar-refractivity contribution in [1.82, 2.24) is 14.9 Å². The van der Waals surface area contributed by atoms with Crippen molar-refractivity contribution in [1.29, 1.82) is 0 Å². The van der Waals surface area contributed by atoms with E-state index < -0.39 is 0 Å². The van der Waals surface area contributed by atoms with Crippen molar-refractivity contribution in [3.8, 4) is 0 Å². The van der Waals surface area contributed by atoms with E-state index in [0.717, 1.165) is 57.4 Å². The summed E-state index contributed by atoms with van der Waals surface area (Å²) in [5, 5.41) is 0. The van der Waals surface area contributed by atoms with Crippen LogP contribution in [0.3, 0.4) is 0 Å². The van der Waals surface area contributed by atoms with E-state index in [1.54, 1.807) is 0 Å². The Morgan fingerprint density at radius 2 is 1.67 bits per heavy atom. The molecule has 1 aromatic heterocycles.